The van der Waals surface area contributed by atoms with Crippen molar-refractivity contribution in [3.8, 4) is 5.75 Å². The average Bonchev–Trinajstić information content (AvgIpc) is 3.27. The summed E-state index contributed by atoms with van der Waals surface area (Å²) >= 11 is 7.82. The minimum Gasteiger partial charge on any atom is -0.497 e. The van der Waals surface area contributed by atoms with Gasteiger partial charge < -0.3 is 19.4 Å². The highest BCUT2D eigenvalue weighted by Crippen LogP contribution is 2.34. The van der Waals surface area contributed by atoms with Crippen LogP contribution in [0.15, 0.2) is 42.5 Å². The summed E-state index contributed by atoms with van der Waals surface area (Å²) in [5.74, 6) is 1.16. The second-order valence-corrected chi connectivity index (χ2v) is 9.85. The van der Waals surface area contributed by atoms with Gasteiger partial charge in [0.2, 0.25) is 5.91 Å². The van der Waals surface area contributed by atoms with Crippen molar-refractivity contribution in [3.63, 3.8) is 0 Å². The molecule has 2 fully saturated rings. The van der Waals surface area contributed by atoms with E-state index in [1.165, 1.54) is 0 Å². The van der Waals surface area contributed by atoms with Crippen molar-refractivity contribution in [3.05, 3.63) is 47.5 Å². The smallest absolute Gasteiger partial charge is 0.227 e. The van der Waals surface area contributed by atoms with E-state index in [1.807, 2.05) is 41.3 Å². The van der Waals surface area contributed by atoms with E-state index in [2.05, 4.69) is 15.9 Å². The lowest BCUT2D eigenvalue weighted by molar-refractivity contribution is -0.136. The lowest BCUT2D eigenvalue weighted by atomic mass is 9.96. The van der Waals surface area contributed by atoms with Crippen LogP contribution < -0.4 is 14.5 Å². The first kappa shape index (κ1) is 21.3. The molecule has 0 saturated carbocycles. The number of carbonyl (C=O) groups is 1. The number of carbonyl (C=O) groups excluding carboxylic acids is 1. The molecule has 0 bridgehead atoms. The van der Waals surface area contributed by atoms with Gasteiger partial charge in [-0.1, -0.05) is 29.0 Å². The molecule has 32 heavy (non-hydrogen) atoms. The van der Waals surface area contributed by atoms with Gasteiger partial charge in [-0.3, -0.25) is 4.79 Å². The zero-order valence-electron chi connectivity index (χ0n) is 18.2. The van der Waals surface area contributed by atoms with E-state index in [0.29, 0.717) is 0 Å². The summed E-state index contributed by atoms with van der Waals surface area (Å²) in [6.45, 7) is 4.86. The molecule has 6 nitrogen and oxygen atoms in total. The molecule has 5 rings (SSSR count). The Morgan fingerprint density at radius 1 is 1.09 bits per heavy atom. The molecular weight excluding hydrogens is 444 g/mol. The number of aromatic nitrogens is 1. The summed E-state index contributed by atoms with van der Waals surface area (Å²) in [5, 5.41) is 1.74. The first-order valence-electron chi connectivity index (χ1n) is 11.1. The second kappa shape index (κ2) is 9.16. The number of piperazine rings is 1. The maximum atomic E-state index is 13.3. The van der Waals surface area contributed by atoms with Crippen molar-refractivity contribution < 1.29 is 9.53 Å². The number of fused-ring (bicyclic) bond motifs is 1. The number of benzene rings is 2. The minimum absolute atomic E-state index is 0.0306. The van der Waals surface area contributed by atoms with E-state index in [-0.39, 0.29) is 11.8 Å². The van der Waals surface area contributed by atoms with Gasteiger partial charge in [0, 0.05) is 50.0 Å². The first-order chi connectivity index (χ1) is 15.6. The van der Waals surface area contributed by atoms with Gasteiger partial charge in [-0.05, 0) is 49.2 Å². The highest BCUT2D eigenvalue weighted by Gasteiger charge is 2.32. The van der Waals surface area contributed by atoms with E-state index in [9.17, 15) is 4.79 Å². The van der Waals surface area contributed by atoms with Crippen LogP contribution in [0.4, 0.5) is 10.8 Å². The topological polar surface area (TPSA) is 48.9 Å². The van der Waals surface area contributed by atoms with E-state index in [1.54, 1.807) is 18.4 Å². The molecule has 0 radical (unpaired) electrons. The number of piperidine rings is 1. The third-order valence-corrected chi connectivity index (χ3v) is 7.70. The molecule has 2 aliphatic rings. The van der Waals surface area contributed by atoms with E-state index in [4.69, 9.17) is 21.3 Å². The Hall–Kier alpha value is -2.51. The summed E-state index contributed by atoms with van der Waals surface area (Å²) in [6, 6.07) is 13.9. The van der Waals surface area contributed by atoms with Crippen molar-refractivity contribution in [1.29, 1.82) is 0 Å². The predicted octanol–water partition coefficient (Wildman–Crippen LogP) is 4.52. The van der Waals surface area contributed by atoms with Crippen LogP contribution in [0.3, 0.4) is 0 Å². The molecule has 1 atom stereocenters. The molecule has 1 aromatic heterocycles. The third kappa shape index (κ3) is 4.36. The lowest BCUT2D eigenvalue weighted by Crippen LogP contribution is -2.52. The summed E-state index contributed by atoms with van der Waals surface area (Å²) in [5.41, 5.74) is 2.11. The molecule has 2 saturated heterocycles. The molecule has 8 heteroatoms. The van der Waals surface area contributed by atoms with Crippen LogP contribution >= 0.6 is 22.9 Å². The summed E-state index contributed by atoms with van der Waals surface area (Å²) in [7, 11) is 1.68. The molecule has 2 aliphatic heterocycles. The van der Waals surface area contributed by atoms with Crippen molar-refractivity contribution in [2.24, 2.45) is 5.92 Å². The number of rotatable bonds is 4. The zero-order valence-corrected chi connectivity index (χ0v) is 19.7. The fourth-order valence-electron chi connectivity index (χ4n) is 4.62. The van der Waals surface area contributed by atoms with Gasteiger partial charge in [-0.2, -0.15) is 0 Å². The molecule has 0 spiro atoms. The van der Waals surface area contributed by atoms with Gasteiger partial charge in [-0.25, -0.2) is 4.98 Å². The fraction of sp³-hybridized carbons (Fsp3) is 0.417. The van der Waals surface area contributed by atoms with Crippen molar-refractivity contribution in [1.82, 2.24) is 9.88 Å². The number of ether oxygens (including phenoxy) is 1. The van der Waals surface area contributed by atoms with Crippen LogP contribution in [-0.4, -0.2) is 62.2 Å². The molecule has 2 aromatic carbocycles. The normalized spacial score (nSPS) is 19.4. The Kier molecular flexibility index (Phi) is 6.11. The Bertz CT molecular complexity index is 1110. The van der Waals surface area contributed by atoms with Gasteiger partial charge in [-0.15, -0.1) is 0 Å². The second-order valence-electron chi connectivity index (χ2n) is 8.41. The molecule has 168 valence electrons. The largest absolute Gasteiger partial charge is 0.497 e. The SMILES string of the molecule is COc1ccc2nc(N3CCCC(C(=O)N4CCN(c5cccc(Cl)c5)CC4)C3)sc2c1. The molecular formula is C24H27ClN4O2S. The number of methoxy groups -OCH3 is 1. The molecule has 0 aliphatic carbocycles. The lowest BCUT2D eigenvalue weighted by Gasteiger charge is -2.39. The van der Waals surface area contributed by atoms with Crippen LogP contribution in [0.2, 0.25) is 5.02 Å². The Morgan fingerprint density at radius 2 is 1.94 bits per heavy atom. The van der Waals surface area contributed by atoms with Gasteiger partial charge in [0.25, 0.3) is 0 Å². The molecule has 0 N–H and O–H groups in total. The first-order valence-corrected chi connectivity index (χ1v) is 12.3. The van der Waals surface area contributed by atoms with Crippen LogP contribution in [0.5, 0.6) is 5.75 Å². The summed E-state index contributed by atoms with van der Waals surface area (Å²) in [4.78, 5) is 24.8. The van der Waals surface area contributed by atoms with Gasteiger partial charge in [0.05, 0.1) is 23.2 Å². The number of hydrogen-bond donors (Lipinski definition) is 0. The van der Waals surface area contributed by atoms with E-state index < -0.39 is 0 Å². The maximum Gasteiger partial charge on any atom is 0.227 e. The Labute approximate surface area is 197 Å². The third-order valence-electron chi connectivity index (χ3n) is 6.39. The maximum absolute atomic E-state index is 13.3. The van der Waals surface area contributed by atoms with E-state index in [0.717, 1.165) is 83.9 Å². The standard InChI is InChI=1S/C24H27ClN4O2S/c1-31-20-7-8-21-22(15-20)32-24(26-21)29-9-3-4-17(16-29)23(30)28-12-10-27(11-13-28)19-6-2-5-18(25)14-19/h2,5-8,14-15,17H,3-4,9-13,16H2,1H3. The van der Waals surface area contributed by atoms with Crippen LogP contribution in [0.1, 0.15) is 12.8 Å². The Morgan fingerprint density at radius 3 is 2.72 bits per heavy atom. The van der Waals surface area contributed by atoms with Crippen LogP contribution in [-0.2, 0) is 4.79 Å². The number of hydrogen-bond acceptors (Lipinski definition) is 6. The summed E-state index contributed by atoms with van der Waals surface area (Å²) in [6.07, 6.45) is 1.96. The number of halogens is 1. The zero-order chi connectivity index (χ0) is 22.1. The number of amides is 1. The average molecular weight is 471 g/mol. The van der Waals surface area contributed by atoms with Gasteiger partial charge >= 0.3 is 0 Å². The molecule has 1 unspecified atom stereocenters. The summed E-state index contributed by atoms with van der Waals surface area (Å²) < 4.78 is 6.46. The number of thiazole rings is 1. The molecule has 3 aromatic rings. The number of nitrogens with zero attached hydrogens (tertiary/aromatic N) is 4. The van der Waals surface area contributed by atoms with Crippen LogP contribution in [0, 0.1) is 5.92 Å². The van der Waals surface area contributed by atoms with Crippen molar-refractivity contribution in [2.75, 3.05) is 56.2 Å². The van der Waals surface area contributed by atoms with Crippen molar-refractivity contribution >= 4 is 49.9 Å². The molecule has 1 amide bonds. The Balaban J connectivity index is 1.22. The van der Waals surface area contributed by atoms with Crippen molar-refractivity contribution in [2.45, 2.75) is 12.8 Å². The van der Waals surface area contributed by atoms with Gasteiger partial charge in [0.1, 0.15) is 5.75 Å². The van der Waals surface area contributed by atoms with Crippen LogP contribution in [0.25, 0.3) is 10.2 Å². The quantitative estimate of drug-likeness (QED) is 0.561. The molecule has 3 heterocycles. The minimum atomic E-state index is 0.0306. The number of anilines is 2. The van der Waals surface area contributed by atoms with Gasteiger partial charge in [0.15, 0.2) is 5.13 Å². The highest BCUT2D eigenvalue weighted by molar-refractivity contribution is 7.22. The predicted molar refractivity (Wildman–Crippen MR) is 131 cm³/mol. The highest BCUT2D eigenvalue weighted by atomic mass is 35.5. The monoisotopic (exact) mass is 470 g/mol. The fourth-order valence-corrected chi connectivity index (χ4v) is 5.84. The van der Waals surface area contributed by atoms with E-state index >= 15 is 0 Å².